The van der Waals surface area contributed by atoms with Gasteiger partial charge in [0.25, 0.3) is 5.91 Å². The van der Waals surface area contributed by atoms with Crippen molar-refractivity contribution < 1.29 is 18.1 Å². The first kappa shape index (κ1) is 16.6. The zero-order valence-corrected chi connectivity index (χ0v) is 13.9. The average Bonchev–Trinajstić information content (AvgIpc) is 3.21. The summed E-state index contributed by atoms with van der Waals surface area (Å²) in [6.07, 6.45) is 0.682. The number of nitrogens with zero attached hydrogens (tertiary/aromatic N) is 5. The molecule has 1 aliphatic heterocycles. The van der Waals surface area contributed by atoms with E-state index in [2.05, 4.69) is 15.1 Å². The molecule has 2 aromatic heterocycles. The summed E-state index contributed by atoms with van der Waals surface area (Å²) in [6.45, 7) is 4.48. The van der Waals surface area contributed by atoms with Crippen molar-refractivity contribution in [2.75, 3.05) is 20.1 Å². The van der Waals surface area contributed by atoms with E-state index in [1.54, 1.807) is 25.8 Å². The molecular weight excluding hydrogens is 317 g/mol. The Morgan fingerprint density at radius 3 is 2.92 bits per heavy atom. The summed E-state index contributed by atoms with van der Waals surface area (Å²) in [7, 11) is 1.68. The summed E-state index contributed by atoms with van der Waals surface area (Å²) in [5.41, 5.74) is 0.285. The molecule has 8 nitrogen and oxygen atoms in total. The minimum Gasteiger partial charge on any atom is -0.448 e. The van der Waals surface area contributed by atoms with Gasteiger partial charge in [0.1, 0.15) is 11.9 Å². The van der Waals surface area contributed by atoms with Crippen molar-refractivity contribution in [3.63, 3.8) is 0 Å². The number of oxazole rings is 1. The van der Waals surface area contributed by atoms with Gasteiger partial charge in [-0.2, -0.15) is 4.98 Å². The van der Waals surface area contributed by atoms with Crippen molar-refractivity contribution in [1.29, 1.82) is 0 Å². The molecule has 2 aromatic rings. The third-order valence-electron chi connectivity index (χ3n) is 4.17. The van der Waals surface area contributed by atoms with Crippen LogP contribution in [0.4, 0.5) is 4.39 Å². The molecule has 1 aliphatic rings. The van der Waals surface area contributed by atoms with Gasteiger partial charge in [-0.05, 0) is 13.3 Å². The lowest BCUT2D eigenvalue weighted by Crippen LogP contribution is -2.41. The molecule has 9 heteroatoms. The third kappa shape index (κ3) is 3.45. The molecule has 0 spiro atoms. The Morgan fingerprint density at radius 2 is 2.29 bits per heavy atom. The molecule has 0 N–H and O–H groups in total. The Kier molecular flexibility index (Phi) is 4.61. The van der Waals surface area contributed by atoms with Gasteiger partial charge in [-0.15, -0.1) is 0 Å². The van der Waals surface area contributed by atoms with Gasteiger partial charge in [0.15, 0.2) is 17.9 Å². The number of rotatable bonds is 5. The highest BCUT2D eigenvalue weighted by atomic mass is 19.1. The molecule has 0 aromatic carbocycles. The number of carbonyl (C=O) groups is 1. The SMILES string of the molecule is Cc1nc(CN2C[C@@H](F)C[C@H]2CN(C)C(=O)c2ncoc2C)no1. The van der Waals surface area contributed by atoms with Crippen molar-refractivity contribution >= 4 is 5.91 Å². The van der Waals surface area contributed by atoms with Crippen LogP contribution in [0.1, 0.15) is 34.4 Å². The monoisotopic (exact) mass is 337 g/mol. The molecule has 130 valence electrons. The highest BCUT2D eigenvalue weighted by Gasteiger charge is 2.34. The minimum atomic E-state index is -0.930. The van der Waals surface area contributed by atoms with E-state index in [0.717, 1.165) is 0 Å². The standard InChI is InChI=1S/C15H20FN5O3/c1-9-14(17-8-23-9)15(22)20(3)6-12-4-11(16)5-21(12)7-13-18-10(2)24-19-13/h8,11-12H,4-7H2,1-3H3/t11-,12-/m0/s1. The van der Waals surface area contributed by atoms with E-state index >= 15 is 0 Å². The number of halogens is 1. The zero-order chi connectivity index (χ0) is 17.3. The second-order valence-electron chi connectivity index (χ2n) is 6.09. The maximum Gasteiger partial charge on any atom is 0.275 e. The van der Waals surface area contributed by atoms with Gasteiger partial charge in [-0.1, -0.05) is 5.16 Å². The van der Waals surface area contributed by atoms with Crippen LogP contribution in [-0.2, 0) is 6.54 Å². The van der Waals surface area contributed by atoms with E-state index in [0.29, 0.717) is 43.5 Å². The molecule has 1 fully saturated rings. The number of aryl methyl sites for hydroxylation is 2. The van der Waals surface area contributed by atoms with Crippen molar-refractivity contribution in [2.24, 2.45) is 0 Å². The Balaban J connectivity index is 1.65. The number of likely N-dealkylation sites (tertiary alicyclic amines) is 1. The molecule has 1 amide bonds. The Hall–Kier alpha value is -2.29. The molecule has 0 saturated carbocycles. The zero-order valence-electron chi connectivity index (χ0n) is 13.9. The van der Waals surface area contributed by atoms with Crippen molar-refractivity contribution in [2.45, 2.75) is 39.0 Å². The molecule has 2 atom stereocenters. The van der Waals surface area contributed by atoms with Crippen LogP contribution in [0.15, 0.2) is 15.3 Å². The van der Waals surface area contributed by atoms with E-state index in [1.165, 1.54) is 6.39 Å². The number of aromatic nitrogens is 3. The predicted molar refractivity (Wildman–Crippen MR) is 80.9 cm³/mol. The van der Waals surface area contributed by atoms with Crippen LogP contribution in [0.3, 0.4) is 0 Å². The quantitative estimate of drug-likeness (QED) is 0.814. The maximum atomic E-state index is 13.9. The molecule has 0 radical (unpaired) electrons. The summed E-state index contributed by atoms with van der Waals surface area (Å²) >= 11 is 0. The van der Waals surface area contributed by atoms with Crippen molar-refractivity contribution in [3.05, 3.63) is 29.6 Å². The molecule has 1 saturated heterocycles. The lowest BCUT2D eigenvalue weighted by Gasteiger charge is -2.27. The van der Waals surface area contributed by atoms with Gasteiger partial charge >= 0.3 is 0 Å². The van der Waals surface area contributed by atoms with E-state index in [1.807, 2.05) is 4.90 Å². The Bertz CT molecular complexity index is 716. The lowest BCUT2D eigenvalue weighted by molar-refractivity contribution is 0.0741. The van der Waals surface area contributed by atoms with Gasteiger partial charge in [0, 0.05) is 33.1 Å². The van der Waals surface area contributed by atoms with Crippen molar-refractivity contribution in [1.82, 2.24) is 24.9 Å². The van der Waals surface area contributed by atoms with E-state index in [4.69, 9.17) is 8.94 Å². The van der Waals surface area contributed by atoms with Crippen LogP contribution in [0.2, 0.25) is 0 Å². The molecule has 3 heterocycles. The maximum absolute atomic E-state index is 13.9. The van der Waals surface area contributed by atoms with Gasteiger partial charge in [0.2, 0.25) is 5.89 Å². The summed E-state index contributed by atoms with van der Waals surface area (Å²) in [5, 5.41) is 3.85. The van der Waals surface area contributed by atoms with E-state index < -0.39 is 6.17 Å². The minimum absolute atomic E-state index is 0.111. The lowest BCUT2D eigenvalue weighted by atomic mass is 10.2. The Labute approximate surface area is 138 Å². The summed E-state index contributed by atoms with van der Waals surface area (Å²) in [6, 6.07) is -0.111. The van der Waals surface area contributed by atoms with Crippen LogP contribution in [0.5, 0.6) is 0 Å². The fraction of sp³-hybridized carbons (Fsp3) is 0.600. The average molecular weight is 337 g/mol. The van der Waals surface area contributed by atoms with Crippen LogP contribution in [-0.4, -0.2) is 63.2 Å². The van der Waals surface area contributed by atoms with E-state index in [-0.39, 0.29) is 17.6 Å². The van der Waals surface area contributed by atoms with Gasteiger partial charge in [-0.3, -0.25) is 9.69 Å². The van der Waals surface area contributed by atoms with Crippen LogP contribution in [0, 0.1) is 13.8 Å². The first-order valence-corrected chi connectivity index (χ1v) is 7.77. The highest BCUT2D eigenvalue weighted by Crippen LogP contribution is 2.23. The second-order valence-corrected chi connectivity index (χ2v) is 6.09. The van der Waals surface area contributed by atoms with Gasteiger partial charge < -0.3 is 13.8 Å². The number of hydrogen-bond donors (Lipinski definition) is 0. The number of alkyl halides is 1. The number of amides is 1. The molecule has 3 rings (SSSR count). The van der Waals surface area contributed by atoms with Crippen LogP contribution in [0.25, 0.3) is 0 Å². The summed E-state index contributed by atoms with van der Waals surface area (Å²) in [4.78, 5) is 24.0. The molecule has 0 bridgehead atoms. The van der Waals surface area contributed by atoms with Gasteiger partial charge in [-0.25, -0.2) is 9.37 Å². The smallest absolute Gasteiger partial charge is 0.275 e. The molecule has 0 unspecified atom stereocenters. The summed E-state index contributed by atoms with van der Waals surface area (Å²) in [5.74, 6) is 1.24. The first-order valence-electron chi connectivity index (χ1n) is 7.77. The number of carbonyl (C=O) groups excluding carboxylic acids is 1. The first-order chi connectivity index (χ1) is 11.4. The second kappa shape index (κ2) is 6.68. The largest absolute Gasteiger partial charge is 0.448 e. The van der Waals surface area contributed by atoms with Gasteiger partial charge in [0.05, 0.1) is 6.54 Å². The van der Waals surface area contributed by atoms with Crippen molar-refractivity contribution in [3.8, 4) is 0 Å². The topological polar surface area (TPSA) is 88.5 Å². The highest BCUT2D eigenvalue weighted by molar-refractivity contribution is 5.92. The fourth-order valence-electron chi connectivity index (χ4n) is 2.98. The Morgan fingerprint density at radius 1 is 1.50 bits per heavy atom. The fourth-order valence-corrected chi connectivity index (χ4v) is 2.98. The number of hydrogen-bond acceptors (Lipinski definition) is 7. The molecule has 0 aliphatic carbocycles. The van der Waals surface area contributed by atoms with E-state index in [9.17, 15) is 9.18 Å². The predicted octanol–water partition coefficient (Wildman–Crippen LogP) is 1.36. The summed E-state index contributed by atoms with van der Waals surface area (Å²) < 4.78 is 23.9. The van der Waals surface area contributed by atoms with Crippen LogP contribution >= 0.6 is 0 Å². The normalized spacial score (nSPS) is 21.3. The molecule has 24 heavy (non-hydrogen) atoms. The molecular formula is C15H20FN5O3. The number of likely N-dealkylation sites (N-methyl/N-ethyl adjacent to an activating group) is 1. The third-order valence-corrected chi connectivity index (χ3v) is 4.17. The van der Waals surface area contributed by atoms with Crippen LogP contribution < -0.4 is 0 Å².